The molecule has 3 rings (SSSR count). The summed E-state index contributed by atoms with van der Waals surface area (Å²) in [6.07, 6.45) is -6.12. The van der Waals surface area contributed by atoms with Gasteiger partial charge in [0.05, 0.1) is 13.2 Å². The van der Waals surface area contributed by atoms with E-state index in [1.54, 1.807) is 0 Å². The Bertz CT molecular complexity index is 866. The minimum Gasteiger partial charge on any atom is -0.394 e. The molecule has 0 saturated heterocycles. The van der Waals surface area contributed by atoms with Crippen molar-refractivity contribution in [2.45, 2.75) is 31.2 Å². The molecule has 3 heterocycles. The van der Waals surface area contributed by atoms with Crippen LogP contribution in [0.3, 0.4) is 0 Å². The maximum atomic E-state index is 11.9. The highest BCUT2D eigenvalue weighted by atomic mass is 16.4. The maximum absolute atomic E-state index is 11.9. The normalized spacial score (nSPS) is 19.8. The molecule has 3 aliphatic heterocycles. The number of nitrogens with zero attached hydrogens (tertiary/aromatic N) is 3. The van der Waals surface area contributed by atoms with Crippen molar-refractivity contribution >= 4 is 11.6 Å². The van der Waals surface area contributed by atoms with E-state index in [1.165, 1.54) is 0 Å². The van der Waals surface area contributed by atoms with Crippen LogP contribution in [-0.2, 0) is 6.54 Å². The zero-order valence-electron chi connectivity index (χ0n) is 12.6. The van der Waals surface area contributed by atoms with Gasteiger partial charge in [-0.3, -0.25) is 9.78 Å². The number of aliphatic hydroxyl groups is 5. The number of nitrogens with one attached hydrogen (secondary N) is 3. The van der Waals surface area contributed by atoms with Crippen molar-refractivity contribution < 1.29 is 25.5 Å². The first-order chi connectivity index (χ1) is 11.8. The zero-order chi connectivity index (χ0) is 18.3. The molecule has 13 nitrogen and oxygen atoms in total. The van der Waals surface area contributed by atoms with Crippen molar-refractivity contribution in [1.82, 2.24) is 19.5 Å². The number of hydrogen-bond donors (Lipinski definition) is 8. The molecule has 25 heavy (non-hydrogen) atoms. The van der Waals surface area contributed by atoms with E-state index in [9.17, 15) is 30.0 Å². The fourth-order valence-corrected chi connectivity index (χ4v) is 2.50. The van der Waals surface area contributed by atoms with E-state index < -0.39 is 49.1 Å². The van der Waals surface area contributed by atoms with Crippen molar-refractivity contribution in [1.29, 1.82) is 0 Å². The summed E-state index contributed by atoms with van der Waals surface area (Å²) in [5, 5.41) is 53.0. The summed E-state index contributed by atoms with van der Waals surface area (Å²) in [7, 11) is 0. The van der Waals surface area contributed by atoms with E-state index in [4.69, 9.17) is 5.11 Å². The van der Waals surface area contributed by atoms with Gasteiger partial charge in [-0.05, 0) is 0 Å². The second-order valence-electron chi connectivity index (χ2n) is 5.46. The van der Waals surface area contributed by atoms with E-state index in [-0.39, 0.29) is 23.2 Å². The van der Waals surface area contributed by atoms with Crippen LogP contribution >= 0.6 is 0 Å². The number of hydrogen-bond acceptors (Lipinski definition) is 11. The van der Waals surface area contributed by atoms with Gasteiger partial charge in [0.2, 0.25) is 6.35 Å². The van der Waals surface area contributed by atoms with Gasteiger partial charge < -0.3 is 40.7 Å². The Hall–Kier alpha value is -2.58. The van der Waals surface area contributed by atoms with Gasteiger partial charge in [0.25, 0.3) is 5.56 Å². The molecule has 0 aromatic carbocycles. The fourth-order valence-electron chi connectivity index (χ4n) is 2.50. The number of H-pyrrole nitrogens is 1. The molecule has 0 spiro atoms. The minimum absolute atomic E-state index is 0.0651. The number of rotatable bonds is 5. The van der Waals surface area contributed by atoms with Crippen molar-refractivity contribution in [2.75, 3.05) is 17.2 Å². The Morgan fingerprint density at radius 1 is 1.12 bits per heavy atom. The van der Waals surface area contributed by atoms with Crippen LogP contribution in [0.4, 0.5) is 11.6 Å². The van der Waals surface area contributed by atoms with Crippen LogP contribution in [0.25, 0.3) is 11.5 Å². The largest absolute Gasteiger partial charge is 0.394 e. The van der Waals surface area contributed by atoms with Crippen LogP contribution in [0.15, 0.2) is 9.59 Å². The Kier molecular flexibility index (Phi) is 4.40. The Morgan fingerprint density at radius 3 is 2.52 bits per heavy atom. The molecular weight excluding hydrogens is 340 g/mol. The quantitative estimate of drug-likeness (QED) is 0.257. The highest BCUT2D eigenvalue weighted by Crippen LogP contribution is 2.31. The smallest absolute Gasteiger partial charge is 0.349 e. The van der Waals surface area contributed by atoms with Crippen molar-refractivity contribution in [3.05, 3.63) is 20.8 Å². The van der Waals surface area contributed by atoms with Gasteiger partial charge in [-0.25, -0.2) is 9.78 Å². The van der Waals surface area contributed by atoms with Crippen LogP contribution in [0.2, 0.25) is 0 Å². The lowest BCUT2D eigenvalue weighted by molar-refractivity contribution is -0.0804. The molecule has 4 atom stereocenters. The summed E-state index contributed by atoms with van der Waals surface area (Å²) < 4.78 is 1.16. The molecule has 0 fully saturated rings. The van der Waals surface area contributed by atoms with Gasteiger partial charge in [-0.2, -0.15) is 4.98 Å². The summed E-state index contributed by atoms with van der Waals surface area (Å²) in [6, 6.07) is 0. The van der Waals surface area contributed by atoms with Gasteiger partial charge in [-0.1, -0.05) is 0 Å². The van der Waals surface area contributed by atoms with Crippen LogP contribution in [0.5, 0.6) is 0 Å². The number of anilines is 2. The molecule has 13 heteroatoms. The van der Waals surface area contributed by atoms with Gasteiger partial charge >= 0.3 is 5.69 Å². The standard InChI is InChI=1S/C12H16N6O7/c19-2-4(21)6(22)3(20)1-18-8-5(10(23)17-12(25)15-8)13-7-9(18)16-11(24)14-7/h3-4,6,11,14,16,19-22,24H,1-2H2,(H,17,23,25). The third-order valence-corrected chi connectivity index (χ3v) is 3.72. The molecule has 8 N–H and O–H groups in total. The van der Waals surface area contributed by atoms with Gasteiger partial charge in [-0.15, -0.1) is 0 Å². The Labute approximate surface area is 138 Å². The molecule has 0 saturated carbocycles. The molecule has 0 aliphatic carbocycles. The summed E-state index contributed by atoms with van der Waals surface area (Å²) in [5.41, 5.74) is -1.99. The highest BCUT2D eigenvalue weighted by Gasteiger charge is 2.31. The van der Waals surface area contributed by atoms with E-state index >= 15 is 0 Å². The first kappa shape index (κ1) is 17.2. The average molecular weight is 356 g/mol. The fraction of sp³-hybridized carbons (Fsp3) is 0.500. The molecule has 0 amide bonds. The molecular formula is C12H16N6O7. The van der Waals surface area contributed by atoms with Crippen molar-refractivity contribution in [3.63, 3.8) is 0 Å². The number of aromatic amines is 1. The molecule has 4 unspecified atom stereocenters. The molecule has 0 aromatic heterocycles. The monoisotopic (exact) mass is 356 g/mol. The molecule has 3 aliphatic rings. The van der Waals surface area contributed by atoms with Crippen molar-refractivity contribution in [2.24, 2.45) is 0 Å². The molecule has 0 bridgehead atoms. The first-order valence-corrected chi connectivity index (χ1v) is 7.23. The van der Waals surface area contributed by atoms with Gasteiger partial charge in [0.15, 0.2) is 23.2 Å². The van der Waals surface area contributed by atoms with E-state index in [0.717, 1.165) is 4.57 Å². The van der Waals surface area contributed by atoms with Gasteiger partial charge in [0, 0.05) is 0 Å². The zero-order valence-corrected chi connectivity index (χ0v) is 12.6. The minimum atomic E-state index is -1.70. The lowest BCUT2D eigenvalue weighted by Crippen LogP contribution is -2.42. The second-order valence-corrected chi connectivity index (χ2v) is 5.46. The molecule has 0 aromatic rings. The lowest BCUT2D eigenvalue weighted by atomic mass is 10.1. The van der Waals surface area contributed by atoms with E-state index in [0.29, 0.717) is 0 Å². The van der Waals surface area contributed by atoms with Crippen molar-refractivity contribution in [3.8, 4) is 11.5 Å². The predicted molar refractivity (Wildman–Crippen MR) is 81.9 cm³/mol. The summed E-state index contributed by atoms with van der Waals surface area (Å²) >= 11 is 0. The third-order valence-electron chi connectivity index (χ3n) is 3.72. The summed E-state index contributed by atoms with van der Waals surface area (Å²) in [4.78, 5) is 33.0. The number of aliphatic hydroxyl groups excluding tert-OH is 5. The Balaban J connectivity index is 2.11. The van der Waals surface area contributed by atoms with Gasteiger partial charge in [0.1, 0.15) is 18.3 Å². The first-order valence-electron chi connectivity index (χ1n) is 7.23. The average Bonchev–Trinajstić information content (AvgIpc) is 2.94. The Morgan fingerprint density at radius 2 is 1.84 bits per heavy atom. The number of aromatic nitrogens is 4. The van der Waals surface area contributed by atoms with Crippen LogP contribution in [0, 0.1) is 0 Å². The van der Waals surface area contributed by atoms with E-state index in [2.05, 4.69) is 20.6 Å². The van der Waals surface area contributed by atoms with Crippen LogP contribution in [-0.4, -0.2) is 76.3 Å². The summed E-state index contributed by atoms with van der Waals surface area (Å²) in [5.74, 6) is -0.0155. The van der Waals surface area contributed by atoms with Crippen LogP contribution < -0.4 is 21.9 Å². The number of fused-ring (bicyclic) bond motifs is 2. The second kappa shape index (κ2) is 6.38. The van der Waals surface area contributed by atoms with Crippen LogP contribution in [0.1, 0.15) is 0 Å². The third kappa shape index (κ3) is 3.06. The lowest BCUT2D eigenvalue weighted by Gasteiger charge is -2.25. The topological polar surface area (TPSA) is 206 Å². The molecule has 0 radical (unpaired) electrons. The SMILES string of the molecule is O=c1nc2n(CC(O)C(O)C(O)CO)c3c(nc-2c(=O)[nH]1)NC(O)N3. The predicted octanol–water partition coefficient (Wildman–Crippen LogP) is -4.38. The highest BCUT2D eigenvalue weighted by molar-refractivity contribution is 5.72. The molecule has 136 valence electrons. The van der Waals surface area contributed by atoms with E-state index in [1.807, 2.05) is 4.98 Å². The summed E-state index contributed by atoms with van der Waals surface area (Å²) in [6.45, 7) is -1.20. The maximum Gasteiger partial charge on any atom is 0.349 e.